The fourth-order valence-electron chi connectivity index (χ4n) is 4.03. The van der Waals surface area contributed by atoms with Gasteiger partial charge in [0.2, 0.25) is 11.8 Å². The van der Waals surface area contributed by atoms with Gasteiger partial charge in [-0.25, -0.2) is 0 Å². The van der Waals surface area contributed by atoms with E-state index >= 15 is 0 Å². The van der Waals surface area contributed by atoms with E-state index in [4.69, 9.17) is 34.8 Å². The topological polar surface area (TPSA) is 49.4 Å². The molecule has 0 spiro atoms. The van der Waals surface area contributed by atoms with E-state index in [0.29, 0.717) is 21.5 Å². The van der Waals surface area contributed by atoms with E-state index in [1.807, 2.05) is 31.2 Å². The number of hydrogen-bond donors (Lipinski definition) is 1. The molecule has 1 unspecified atom stereocenters. The second-order valence-electron chi connectivity index (χ2n) is 7.95. The Morgan fingerprint density at radius 1 is 1.03 bits per heavy atom. The Kier molecular flexibility index (Phi) is 8.65. The quantitative estimate of drug-likeness (QED) is 0.498. The molecule has 166 valence electrons. The van der Waals surface area contributed by atoms with Crippen LogP contribution in [0.25, 0.3) is 0 Å². The van der Waals surface area contributed by atoms with E-state index in [-0.39, 0.29) is 30.8 Å². The number of halogens is 3. The highest BCUT2D eigenvalue weighted by Gasteiger charge is 2.31. The standard InChI is InChI=1S/C24H27Cl3N2O2/c1-2-22(24(31)28-18-8-4-5-9-18)29(15-16-11-12-20(26)21(27)13-16)23(30)14-17-7-3-6-10-19(17)25/h3,6-7,10-13,18,22H,2,4-5,8-9,14-15H2,1H3,(H,28,31). The van der Waals surface area contributed by atoms with Gasteiger partial charge in [0.05, 0.1) is 16.5 Å². The molecule has 0 aliphatic heterocycles. The van der Waals surface area contributed by atoms with Gasteiger partial charge in [0.15, 0.2) is 0 Å². The molecule has 2 amide bonds. The van der Waals surface area contributed by atoms with Crippen molar-refractivity contribution in [3.05, 3.63) is 68.7 Å². The van der Waals surface area contributed by atoms with Crippen molar-refractivity contribution < 1.29 is 9.59 Å². The van der Waals surface area contributed by atoms with E-state index in [1.165, 1.54) is 0 Å². The summed E-state index contributed by atoms with van der Waals surface area (Å²) >= 11 is 18.5. The second-order valence-corrected chi connectivity index (χ2v) is 9.17. The maximum atomic E-state index is 13.4. The van der Waals surface area contributed by atoms with Crippen LogP contribution < -0.4 is 5.32 Å². The number of amides is 2. The first-order chi connectivity index (χ1) is 14.9. The van der Waals surface area contributed by atoms with E-state index in [9.17, 15) is 9.59 Å². The Balaban J connectivity index is 1.85. The second kappa shape index (κ2) is 11.2. The summed E-state index contributed by atoms with van der Waals surface area (Å²) in [5, 5.41) is 4.54. The van der Waals surface area contributed by atoms with E-state index in [2.05, 4.69) is 5.32 Å². The molecule has 0 aromatic heterocycles. The molecule has 2 aromatic carbocycles. The molecule has 1 fully saturated rings. The molecule has 0 radical (unpaired) electrons. The predicted octanol–water partition coefficient (Wildman–Crippen LogP) is 6.06. The lowest BCUT2D eigenvalue weighted by Crippen LogP contribution is -2.51. The largest absolute Gasteiger partial charge is 0.352 e. The molecular formula is C24H27Cl3N2O2. The molecule has 0 heterocycles. The molecule has 1 N–H and O–H groups in total. The number of carbonyl (C=O) groups excluding carboxylic acids is 2. The first-order valence-corrected chi connectivity index (χ1v) is 11.8. The van der Waals surface area contributed by atoms with Crippen molar-refractivity contribution >= 4 is 46.6 Å². The summed E-state index contributed by atoms with van der Waals surface area (Å²) in [6.07, 6.45) is 4.85. The Morgan fingerprint density at radius 2 is 1.74 bits per heavy atom. The molecule has 3 rings (SSSR count). The summed E-state index contributed by atoms with van der Waals surface area (Å²) in [5.74, 6) is -0.269. The SMILES string of the molecule is CCC(C(=O)NC1CCCC1)N(Cc1ccc(Cl)c(Cl)c1)C(=O)Cc1ccccc1Cl. The van der Waals surface area contributed by atoms with Crippen molar-refractivity contribution in [1.82, 2.24) is 10.2 Å². The minimum Gasteiger partial charge on any atom is -0.352 e. The zero-order chi connectivity index (χ0) is 22.4. The summed E-state index contributed by atoms with van der Waals surface area (Å²) < 4.78 is 0. The summed E-state index contributed by atoms with van der Waals surface area (Å²) in [6.45, 7) is 2.18. The van der Waals surface area contributed by atoms with Crippen molar-refractivity contribution in [2.45, 2.75) is 64.1 Å². The van der Waals surface area contributed by atoms with Gasteiger partial charge < -0.3 is 10.2 Å². The fraction of sp³-hybridized carbons (Fsp3) is 0.417. The third-order valence-electron chi connectivity index (χ3n) is 5.72. The molecule has 7 heteroatoms. The summed E-state index contributed by atoms with van der Waals surface area (Å²) in [4.78, 5) is 28.2. The molecule has 1 aliphatic carbocycles. The Morgan fingerprint density at radius 3 is 2.39 bits per heavy atom. The molecule has 1 aliphatic rings. The number of rotatable bonds is 8. The van der Waals surface area contributed by atoms with E-state index < -0.39 is 6.04 Å². The normalized spacial score (nSPS) is 15.0. The lowest BCUT2D eigenvalue weighted by molar-refractivity contribution is -0.141. The monoisotopic (exact) mass is 480 g/mol. The Hall–Kier alpha value is -1.75. The van der Waals surface area contributed by atoms with Gasteiger partial charge in [-0.05, 0) is 48.6 Å². The number of hydrogen-bond acceptors (Lipinski definition) is 2. The van der Waals surface area contributed by atoms with Gasteiger partial charge in [-0.15, -0.1) is 0 Å². The lowest BCUT2D eigenvalue weighted by Gasteiger charge is -2.32. The van der Waals surface area contributed by atoms with Gasteiger partial charge in [0, 0.05) is 17.6 Å². The van der Waals surface area contributed by atoms with Crippen molar-refractivity contribution in [3.8, 4) is 0 Å². The third kappa shape index (κ3) is 6.38. The van der Waals surface area contributed by atoms with Crippen LogP contribution in [0.4, 0.5) is 0 Å². The van der Waals surface area contributed by atoms with E-state index in [0.717, 1.165) is 36.8 Å². The average Bonchev–Trinajstić information content (AvgIpc) is 3.25. The highest BCUT2D eigenvalue weighted by molar-refractivity contribution is 6.42. The molecule has 1 saturated carbocycles. The van der Waals surface area contributed by atoms with Crippen molar-refractivity contribution in [1.29, 1.82) is 0 Å². The van der Waals surface area contributed by atoms with Crippen LogP contribution >= 0.6 is 34.8 Å². The number of nitrogens with one attached hydrogen (secondary N) is 1. The zero-order valence-electron chi connectivity index (χ0n) is 17.5. The van der Waals surface area contributed by atoms with Crippen LogP contribution in [-0.2, 0) is 22.6 Å². The highest BCUT2D eigenvalue weighted by atomic mass is 35.5. The van der Waals surface area contributed by atoms with Gasteiger partial charge in [-0.1, -0.05) is 78.8 Å². The minimum absolute atomic E-state index is 0.109. The van der Waals surface area contributed by atoms with Crippen LogP contribution in [0, 0.1) is 0 Å². The summed E-state index contributed by atoms with van der Waals surface area (Å²) in [5.41, 5.74) is 1.55. The number of carbonyl (C=O) groups is 2. The molecule has 0 saturated heterocycles. The molecule has 2 aromatic rings. The van der Waals surface area contributed by atoms with Crippen molar-refractivity contribution in [2.24, 2.45) is 0 Å². The predicted molar refractivity (Wildman–Crippen MR) is 127 cm³/mol. The van der Waals surface area contributed by atoms with Gasteiger partial charge >= 0.3 is 0 Å². The zero-order valence-corrected chi connectivity index (χ0v) is 19.8. The maximum absolute atomic E-state index is 13.4. The first-order valence-electron chi connectivity index (χ1n) is 10.7. The van der Waals surface area contributed by atoms with Crippen molar-refractivity contribution in [3.63, 3.8) is 0 Å². The molecule has 4 nitrogen and oxygen atoms in total. The van der Waals surface area contributed by atoms with Crippen LogP contribution in [0.3, 0.4) is 0 Å². The van der Waals surface area contributed by atoms with Crippen LogP contribution in [-0.4, -0.2) is 28.8 Å². The van der Waals surface area contributed by atoms with E-state index in [1.54, 1.807) is 23.1 Å². The molecular weight excluding hydrogens is 455 g/mol. The number of nitrogens with zero attached hydrogens (tertiary/aromatic N) is 1. The van der Waals surface area contributed by atoms with Gasteiger partial charge in [-0.2, -0.15) is 0 Å². The summed E-state index contributed by atoms with van der Waals surface area (Å²) in [7, 11) is 0. The highest BCUT2D eigenvalue weighted by Crippen LogP contribution is 2.25. The first kappa shape index (κ1) is 23.9. The van der Waals surface area contributed by atoms with Crippen LogP contribution in [0.15, 0.2) is 42.5 Å². The number of benzene rings is 2. The molecule has 0 bridgehead atoms. The molecule has 1 atom stereocenters. The van der Waals surface area contributed by atoms with Crippen LogP contribution in [0.1, 0.15) is 50.2 Å². The third-order valence-corrected chi connectivity index (χ3v) is 6.83. The lowest BCUT2D eigenvalue weighted by atomic mass is 10.1. The summed E-state index contributed by atoms with van der Waals surface area (Å²) in [6, 6.07) is 12.1. The Labute approximate surface area is 198 Å². The average molecular weight is 482 g/mol. The van der Waals surface area contributed by atoms with Gasteiger partial charge in [0.1, 0.15) is 6.04 Å². The Bertz CT molecular complexity index is 929. The maximum Gasteiger partial charge on any atom is 0.243 e. The van der Waals surface area contributed by atoms with Gasteiger partial charge in [0.25, 0.3) is 0 Å². The van der Waals surface area contributed by atoms with Crippen LogP contribution in [0.2, 0.25) is 15.1 Å². The minimum atomic E-state index is -0.579. The smallest absolute Gasteiger partial charge is 0.243 e. The van der Waals surface area contributed by atoms with Crippen molar-refractivity contribution in [2.75, 3.05) is 0 Å². The fourth-order valence-corrected chi connectivity index (χ4v) is 4.55. The van der Waals surface area contributed by atoms with Gasteiger partial charge in [-0.3, -0.25) is 9.59 Å². The van der Waals surface area contributed by atoms with Crippen LogP contribution in [0.5, 0.6) is 0 Å². The molecule has 31 heavy (non-hydrogen) atoms.